The molecule has 1 nitrogen and oxygen atoms in total. The Morgan fingerprint density at radius 3 is 2.54 bits per heavy atom. The smallest absolute Gasteiger partial charge is 0.653 e. The SMILES string of the molecule is C=CC[N-][C@H](C)c1ccccc1.[Li+]. The summed E-state index contributed by atoms with van der Waals surface area (Å²) in [4.78, 5) is 0. The maximum absolute atomic E-state index is 4.39. The number of nitrogens with zero attached hydrogens (tertiary/aromatic N) is 1. The molecule has 0 saturated carbocycles. The quantitative estimate of drug-likeness (QED) is 0.452. The largest absolute Gasteiger partial charge is 1.00 e. The standard InChI is InChI=1S/C11H14N.Li/c1-3-9-12-10(2)11-7-5-4-6-8-11;/h3-8,10H,1,9H2,2H3;/q-1;+1/t10-;/m1./s1. The zero-order valence-electron chi connectivity index (χ0n) is 8.40. The summed E-state index contributed by atoms with van der Waals surface area (Å²) in [6, 6.07) is 10.6. The Bertz CT molecular complexity index is 233. The number of rotatable bonds is 4. The first-order chi connectivity index (χ1) is 5.84. The summed E-state index contributed by atoms with van der Waals surface area (Å²) in [5, 5.41) is 4.39. The summed E-state index contributed by atoms with van der Waals surface area (Å²) < 4.78 is 0. The fourth-order valence-electron chi connectivity index (χ4n) is 1.07. The molecule has 0 radical (unpaired) electrons. The first kappa shape index (κ1) is 12.5. The van der Waals surface area contributed by atoms with Crippen LogP contribution in [0.1, 0.15) is 18.5 Å². The van der Waals surface area contributed by atoms with Crippen LogP contribution in [0.5, 0.6) is 0 Å². The zero-order chi connectivity index (χ0) is 8.81. The first-order valence-corrected chi connectivity index (χ1v) is 4.17. The summed E-state index contributed by atoms with van der Waals surface area (Å²) in [7, 11) is 0. The van der Waals surface area contributed by atoms with Gasteiger partial charge in [0.2, 0.25) is 0 Å². The van der Waals surface area contributed by atoms with Gasteiger partial charge in [-0.25, -0.2) is 0 Å². The van der Waals surface area contributed by atoms with Crippen molar-refractivity contribution in [2.24, 2.45) is 0 Å². The Balaban J connectivity index is 0.00000144. The molecular weight excluding hydrogens is 153 g/mol. The molecule has 1 atom stereocenters. The molecule has 1 aromatic rings. The third-order valence-corrected chi connectivity index (χ3v) is 1.79. The van der Waals surface area contributed by atoms with Gasteiger partial charge in [-0.1, -0.05) is 42.8 Å². The normalized spacial score (nSPS) is 11.5. The maximum Gasteiger partial charge on any atom is 1.00 e. The molecule has 64 valence electrons. The van der Waals surface area contributed by atoms with Crippen LogP contribution >= 0.6 is 0 Å². The molecule has 13 heavy (non-hydrogen) atoms. The molecule has 0 aromatic heterocycles. The summed E-state index contributed by atoms with van der Waals surface area (Å²) in [5.74, 6) is 0. The van der Waals surface area contributed by atoms with Crippen LogP contribution in [0.4, 0.5) is 0 Å². The minimum atomic E-state index is 0. The van der Waals surface area contributed by atoms with Crippen molar-refractivity contribution in [3.05, 3.63) is 53.9 Å². The van der Waals surface area contributed by atoms with Crippen LogP contribution in [-0.2, 0) is 0 Å². The molecule has 0 bridgehead atoms. The Labute approximate surface area is 92.4 Å². The van der Waals surface area contributed by atoms with Gasteiger partial charge < -0.3 is 5.32 Å². The third-order valence-electron chi connectivity index (χ3n) is 1.79. The Hall–Kier alpha value is -0.483. The molecule has 0 unspecified atom stereocenters. The average molecular weight is 167 g/mol. The van der Waals surface area contributed by atoms with Gasteiger partial charge in [0.25, 0.3) is 0 Å². The van der Waals surface area contributed by atoms with Crippen molar-refractivity contribution in [3.63, 3.8) is 0 Å². The fourth-order valence-corrected chi connectivity index (χ4v) is 1.07. The molecule has 0 amide bonds. The van der Waals surface area contributed by atoms with Crippen LogP contribution in [0.15, 0.2) is 43.0 Å². The van der Waals surface area contributed by atoms with Crippen LogP contribution in [0.2, 0.25) is 0 Å². The maximum atomic E-state index is 4.39. The first-order valence-electron chi connectivity index (χ1n) is 4.17. The predicted octanol–water partition coefficient (Wildman–Crippen LogP) is 0.311. The van der Waals surface area contributed by atoms with E-state index in [0.717, 1.165) is 6.54 Å². The van der Waals surface area contributed by atoms with E-state index in [-0.39, 0.29) is 24.9 Å². The monoisotopic (exact) mass is 167 g/mol. The second-order valence-corrected chi connectivity index (χ2v) is 2.74. The van der Waals surface area contributed by atoms with Gasteiger partial charge >= 0.3 is 18.9 Å². The average Bonchev–Trinajstić information content (AvgIpc) is 2.15. The topological polar surface area (TPSA) is 14.1 Å². The Morgan fingerprint density at radius 1 is 1.38 bits per heavy atom. The van der Waals surface area contributed by atoms with E-state index in [1.807, 2.05) is 24.3 Å². The van der Waals surface area contributed by atoms with Crippen LogP contribution in [0, 0.1) is 0 Å². The molecule has 0 aliphatic heterocycles. The van der Waals surface area contributed by atoms with Gasteiger partial charge in [0, 0.05) is 0 Å². The van der Waals surface area contributed by atoms with Crippen molar-refractivity contribution in [3.8, 4) is 0 Å². The van der Waals surface area contributed by atoms with Gasteiger partial charge in [-0.3, -0.25) is 0 Å². The summed E-state index contributed by atoms with van der Waals surface area (Å²) in [6.07, 6.45) is 1.82. The van der Waals surface area contributed by atoms with Crippen molar-refractivity contribution in [1.29, 1.82) is 0 Å². The van der Waals surface area contributed by atoms with E-state index < -0.39 is 0 Å². The van der Waals surface area contributed by atoms with E-state index in [0.29, 0.717) is 0 Å². The van der Waals surface area contributed by atoms with Crippen LogP contribution in [0.3, 0.4) is 0 Å². The molecule has 0 saturated heterocycles. The fraction of sp³-hybridized carbons (Fsp3) is 0.273. The number of hydrogen-bond donors (Lipinski definition) is 0. The van der Waals surface area contributed by atoms with Gasteiger partial charge in [0.05, 0.1) is 0 Å². The van der Waals surface area contributed by atoms with E-state index in [4.69, 9.17) is 0 Å². The molecule has 1 aromatic carbocycles. The van der Waals surface area contributed by atoms with Gasteiger partial charge in [0.1, 0.15) is 0 Å². The molecule has 2 heteroatoms. The molecule has 0 N–H and O–H groups in total. The minimum Gasteiger partial charge on any atom is -0.653 e. The molecule has 1 rings (SSSR count). The van der Waals surface area contributed by atoms with Crippen molar-refractivity contribution >= 4 is 0 Å². The van der Waals surface area contributed by atoms with Crippen molar-refractivity contribution < 1.29 is 18.9 Å². The zero-order valence-corrected chi connectivity index (χ0v) is 8.40. The van der Waals surface area contributed by atoms with Crippen LogP contribution in [-0.4, -0.2) is 6.54 Å². The predicted molar refractivity (Wildman–Crippen MR) is 53.3 cm³/mol. The van der Waals surface area contributed by atoms with E-state index in [1.54, 1.807) is 0 Å². The van der Waals surface area contributed by atoms with E-state index in [2.05, 4.69) is 31.0 Å². The van der Waals surface area contributed by atoms with E-state index in [1.165, 1.54) is 5.56 Å². The molecular formula is C11H14LiN. The third kappa shape index (κ3) is 4.33. The summed E-state index contributed by atoms with van der Waals surface area (Å²) in [6.45, 7) is 6.46. The van der Waals surface area contributed by atoms with Crippen LogP contribution < -0.4 is 18.9 Å². The van der Waals surface area contributed by atoms with Crippen molar-refractivity contribution in [2.75, 3.05) is 6.54 Å². The molecule has 0 fully saturated rings. The van der Waals surface area contributed by atoms with E-state index >= 15 is 0 Å². The van der Waals surface area contributed by atoms with Gasteiger partial charge in [0.15, 0.2) is 0 Å². The molecule has 0 aliphatic carbocycles. The number of hydrogen-bond acceptors (Lipinski definition) is 0. The van der Waals surface area contributed by atoms with Crippen molar-refractivity contribution in [2.45, 2.75) is 13.0 Å². The summed E-state index contributed by atoms with van der Waals surface area (Å²) in [5.41, 5.74) is 1.26. The Kier molecular flexibility index (Phi) is 6.71. The molecule has 0 aliphatic rings. The summed E-state index contributed by atoms with van der Waals surface area (Å²) >= 11 is 0. The Morgan fingerprint density at radius 2 is 2.00 bits per heavy atom. The second kappa shape index (κ2) is 6.97. The van der Waals surface area contributed by atoms with Gasteiger partial charge in [-0.2, -0.15) is 0 Å². The minimum absolute atomic E-state index is 0. The number of benzene rings is 1. The second-order valence-electron chi connectivity index (χ2n) is 2.74. The van der Waals surface area contributed by atoms with Crippen molar-refractivity contribution in [1.82, 2.24) is 0 Å². The van der Waals surface area contributed by atoms with Gasteiger partial charge in [-0.15, -0.1) is 25.2 Å². The van der Waals surface area contributed by atoms with Crippen LogP contribution in [0.25, 0.3) is 5.32 Å². The van der Waals surface area contributed by atoms with Gasteiger partial charge in [-0.05, 0) is 0 Å². The molecule has 0 spiro atoms. The molecule has 0 heterocycles. The van der Waals surface area contributed by atoms with E-state index in [9.17, 15) is 0 Å².